The molecule has 1 fully saturated rings. The molecule has 3 nitrogen and oxygen atoms in total. The maximum absolute atomic E-state index is 11.1. The SMILES string of the molecule is CC(C)C/C=C/[C@H](C[C@@H]1CC[C@H](C)[C@@H](CC=O)O1)O[Si](C(C)C)(C(C)C)C(C)C. The lowest BCUT2D eigenvalue weighted by molar-refractivity contribution is -0.120. The van der Waals surface area contributed by atoms with Crippen LogP contribution >= 0.6 is 0 Å². The average Bonchev–Trinajstić information content (AvgIpc) is 2.61. The summed E-state index contributed by atoms with van der Waals surface area (Å²) in [6.07, 6.45) is 10.7. The van der Waals surface area contributed by atoms with E-state index in [1.54, 1.807) is 0 Å². The van der Waals surface area contributed by atoms with E-state index in [-0.39, 0.29) is 18.3 Å². The first-order chi connectivity index (χ1) is 13.5. The average molecular weight is 425 g/mol. The molecule has 0 amide bonds. The topological polar surface area (TPSA) is 35.5 Å². The number of carbonyl (C=O) groups is 1. The zero-order valence-electron chi connectivity index (χ0n) is 20.6. The van der Waals surface area contributed by atoms with E-state index >= 15 is 0 Å². The summed E-state index contributed by atoms with van der Waals surface area (Å²) < 4.78 is 13.5. The van der Waals surface area contributed by atoms with Crippen molar-refractivity contribution in [3.63, 3.8) is 0 Å². The van der Waals surface area contributed by atoms with Crippen molar-refractivity contribution in [3.8, 4) is 0 Å². The summed E-state index contributed by atoms with van der Waals surface area (Å²) in [7, 11) is -1.96. The molecule has 1 aliphatic heterocycles. The number of hydrogen-bond donors (Lipinski definition) is 0. The predicted octanol–water partition coefficient (Wildman–Crippen LogP) is 7.31. The molecule has 4 atom stereocenters. The molecule has 1 saturated heterocycles. The highest BCUT2D eigenvalue weighted by Crippen LogP contribution is 2.44. The highest BCUT2D eigenvalue weighted by molar-refractivity contribution is 6.77. The molecule has 0 saturated carbocycles. The van der Waals surface area contributed by atoms with Gasteiger partial charge in [0.05, 0.1) is 18.3 Å². The second kappa shape index (κ2) is 12.4. The predicted molar refractivity (Wildman–Crippen MR) is 127 cm³/mol. The van der Waals surface area contributed by atoms with Crippen LogP contribution in [0.4, 0.5) is 0 Å². The van der Waals surface area contributed by atoms with Gasteiger partial charge < -0.3 is 14.0 Å². The van der Waals surface area contributed by atoms with Crippen molar-refractivity contribution < 1.29 is 14.0 Å². The summed E-state index contributed by atoms with van der Waals surface area (Å²) in [5.74, 6) is 1.11. The molecule has 1 rings (SSSR count). The molecule has 0 aromatic heterocycles. The van der Waals surface area contributed by atoms with Crippen molar-refractivity contribution in [2.75, 3.05) is 0 Å². The van der Waals surface area contributed by atoms with E-state index in [2.05, 4.69) is 74.5 Å². The van der Waals surface area contributed by atoms with Gasteiger partial charge in [-0.2, -0.15) is 0 Å². The van der Waals surface area contributed by atoms with Crippen LogP contribution in [0.5, 0.6) is 0 Å². The Morgan fingerprint density at radius 3 is 2.07 bits per heavy atom. The van der Waals surface area contributed by atoms with Gasteiger partial charge in [0.2, 0.25) is 8.32 Å². The van der Waals surface area contributed by atoms with Crippen molar-refractivity contribution in [1.29, 1.82) is 0 Å². The van der Waals surface area contributed by atoms with Crippen molar-refractivity contribution in [2.45, 2.75) is 129 Å². The Labute approximate surface area is 182 Å². The first kappa shape index (κ1) is 26.6. The minimum Gasteiger partial charge on any atom is -0.410 e. The summed E-state index contributed by atoms with van der Waals surface area (Å²) >= 11 is 0. The number of rotatable bonds is 12. The van der Waals surface area contributed by atoms with Crippen LogP contribution in [0.15, 0.2) is 12.2 Å². The summed E-state index contributed by atoms with van der Waals surface area (Å²) in [6.45, 7) is 20.8. The molecule has 0 unspecified atom stereocenters. The van der Waals surface area contributed by atoms with E-state index in [1.807, 2.05) is 0 Å². The van der Waals surface area contributed by atoms with Crippen LogP contribution in [0, 0.1) is 11.8 Å². The standard InChI is InChI=1S/C25H48O3Si/c1-18(2)11-10-12-24(28-29(19(3)4,20(5)6)21(7)8)17-23-14-13-22(9)25(27-23)15-16-26/h10,12,16,18-25H,11,13-15,17H2,1-9H3/b12-10+/t22-,23-,24+,25+/m0/s1. The monoisotopic (exact) mass is 424 g/mol. The van der Waals surface area contributed by atoms with Crippen LogP contribution in [-0.2, 0) is 14.0 Å². The molecule has 0 radical (unpaired) electrons. The summed E-state index contributed by atoms with van der Waals surface area (Å²) in [5.41, 5.74) is 1.70. The Morgan fingerprint density at radius 2 is 1.59 bits per heavy atom. The van der Waals surface area contributed by atoms with Crippen molar-refractivity contribution in [3.05, 3.63) is 12.2 Å². The molecule has 4 heteroatoms. The molecule has 0 bridgehead atoms. The van der Waals surface area contributed by atoms with Crippen molar-refractivity contribution in [1.82, 2.24) is 0 Å². The molecule has 0 N–H and O–H groups in total. The lowest BCUT2D eigenvalue weighted by Crippen LogP contribution is -2.50. The normalized spacial score (nSPS) is 24.9. The molecule has 1 aliphatic rings. The molecule has 0 aromatic rings. The molecule has 0 aliphatic carbocycles. The number of ether oxygens (including phenoxy) is 1. The minimum atomic E-state index is -1.96. The second-order valence-electron chi connectivity index (χ2n) is 10.5. The second-order valence-corrected chi connectivity index (χ2v) is 15.9. The Hall–Kier alpha value is -0.453. The third kappa shape index (κ3) is 7.63. The Kier molecular flexibility index (Phi) is 11.4. The van der Waals surface area contributed by atoms with Crippen LogP contribution < -0.4 is 0 Å². The zero-order chi connectivity index (χ0) is 22.2. The van der Waals surface area contributed by atoms with Crippen LogP contribution in [0.2, 0.25) is 16.6 Å². The Balaban J connectivity index is 3.03. The quantitative estimate of drug-likeness (QED) is 0.187. The van der Waals surface area contributed by atoms with Crippen LogP contribution in [0.1, 0.15) is 94.4 Å². The summed E-state index contributed by atoms with van der Waals surface area (Å²) in [6, 6.07) is 0. The van der Waals surface area contributed by atoms with E-state index in [0.29, 0.717) is 34.9 Å². The van der Waals surface area contributed by atoms with E-state index < -0.39 is 8.32 Å². The number of aldehydes is 1. The van der Waals surface area contributed by atoms with Crippen molar-refractivity contribution in [2.24, 2.45) is 11.8 Å². The van der Waals surface area contributed by atoms with Gasteiger partial charge in [0, 0.05) is 12.8 Å². The third-order valence-corrected chi connectivity index (χ3v) is 12.9. The van der Waals surface area contributed by atoms with E-state index in [0.717, 1.165) is 32.0 Å². The molecule has 1 heterocycles. The number of allylic oxidation sites excluding steroid dienone is 1. The molecule has 170 valence electrons. The van der Waals surface area contributed by atoms with Crippen molar-refractivity contribution >= 4 is 14.6 Å². The molecule has 0 spiro atoms. The highest BCUT2D eigenvalue weighted by atomic mass is 28.4. The maximum Gasteiger partial charge on any atom is 0.201 e. The van der Waals surface area contributed by atoms with Gasteiger partial charge in [0.1, 0.15) is 6.29 Å². The number of carbonyl (C=O) groups excluding carboxylic acids is 1. The zero-order valence-corrected chi connectivity index (χ0v) is 21.6. The van der Waals surface area contributed by atoms with Gasteiger partial charge in [-0.25, -0.2) is 0 Å². The summed E-state index contributed by atoms with van der Waals surface area (Å²) in [5, 5.41) is 0. The van der Waals surface area contributed by atoms with Gasteiger partial charge in [-0.05, 0) is 47.7 Å². The van der Waals surface area contributed by atoms with Gasteiger partial charge >= 0.3 is 0 Å². The van der Waals surface area contributed by atoms with Crippen LogP contribution in [0.25, 0.3) is 0 Å². The molecular formula is C25H48O3Si. The van der Waals surface area contributed by atoms with Gasteiger partial charge in [-0.1, -0.05) is 74.5 Å². The fourth-order valence-corrected chi connectivity index (χ4v) is 10.8. The first-order valence-electron chi connectivity index (χ1n) is 12.0. The molecule has 29 heavy (non-hydrogen) atoms. The fraction of sp³-hybridized carbons (Fsp3) is 0.880. The van der Waals surface area contributed by atoms with Crippen LogP contribution in [0.3, 0.4) is 0 Å². The number of hydrogen-bond acceptors (Lipinski definition) is 3. The third-order valence-electron chi connectivity index (χ3n) is 6.79. The minimum absolute atomic E-state index is 0.0637. The fourth-order valence-electron chi connectivity index (χ4n) is 5.24. The summed E-state index contributed by atoms with van der Waals surface area (Å²) in [4.78, 5) is 11.1. The van der Waals surface area contributed by atoms with Gasteiger partial charge in [0.15, 0.2) is 0 Å². The van der Waals surface area contributed by atoms with E-state index in [1.165, 1.54) is 0 Å². The van der Waals surface area contributed by atoms with Gasteiger partial charge in [-0.3, -0.25) is 0 Å². The molecular weight excluding hydrogens is 376 g/mol. The van der Waals surface area contributed by atoms with E-state index in [4.69, 9.17) is 9.16 Å². The van der Waals surface area contributed by atoms with Gasteiger partial charge in [-0.15, -0.1) is 0 Å². The lowest BCUT2D eigenvalue weighted by Gasteiger charge is -2.45. The smallest absolute Gasteiger partial charge is 0.201 e. The Bertz CT molecular complexity index is 477. The lowest BCUT2D eigenvalue weighted by atomic mass is 9.90. The maximum atomic E-state index is 11.1. The van der Waals surface area contributed by atoms with Crippen LogP contribution in [-0.4, -0.2) is 32.9 Å². The Morgan fingerprint density at radius 1 is 1.00 bits per heavy atom. The largest absolute Gasteiger partial charge is 0.410 e. The first-order valence-corrected chi connectivity index (χ1v) is 14.1. The van der Waals surface area contributed by atoms with Gasteiger partial charge in [0.25, 0.3) is 0 Å². The highest BCUT2D eigenvalue weighted by Gasteiger charge is 2.46. The van der Waals surface area contributed by atoms with E-state index in [9.17, 15) is 4.79 Å². The molecule has 0 aromatic carbocycles.